The van der Waals surface area contributed by atoms with Gasteiger partial charge in [0.25, 0.3) is 5.92 Å². The van der Waals surface area contributed by atoms with Crippen molar-refractivity contribution in [1.29, 1.82) is 0 Å². The quantitative estimate of drug-likeness (QED) is 0.397. The molecular weight excluding hydrogens is 401 g/mol. The average Bonchev–Trinajstić information content (AvgIpc) is 2.76. The molecule has 2 unspecified atom stereocenters. The Morgan fingerprint density at radius 2 is 1.65 bits per heavy atom. The highest BCUT2D eigenvalue weighted by molar-refractivity contribution is 6.47. The zero-order chi connectivity index (χ0) is 23.7. The van der Waals surface area contributed by atoms with Gasteiger partial charge in [0.05, 0.1) is 17.1 Å². The number of esters is 1. The molecule has 1 aromatic carbocycles. The molecule has 1 radical (unpaired) electrons. The van der Waals surface area contributed by atoms with Crippen LogP contribution >= 0.6 is 0 Å². The van der Waals surface area contributed by atoms with E-state index in [1.165, 1.54) is 7.48 Å². The highest BCUT2D eigenvalue weighted by atomic mass is 19.3. The summed E-state index contributed by atoms with van der Waals surface area (Å²) in [5, 5.41) is 10.2. The Morgan fingerprint density at radius 1 is 1.06 bits per heavy atom. The summed E-state index contributed by atoms with van der Waals surface area (Å²) in [6.07, 6.45) is 0.772. The molecule has 1 aliphatic rings. The van der Waals surface area contributed by atoms with E-state index in [-0.39, 0.29) is 0 Å². The van der Waals surface area contributed by atoms with Crippen LogP contribution < -0.4 is 5.46 Å². The molecule has 0 amide bonds. The van der Waals surface area contributed by atoms with Crippen molar-refractivity contribution < 1.29 is 28.1 Å². The van der Waals surface area contributed by atoms with E-state index in [0.717, 1.165) is 5.46 Å². The number of hydrogen-bond acceptors (Lipinski definition) is 4. The second-order valence-corrected chi connectivity index (χ2v) is 10.7. The van der Waals surface area contributed by atoms with Crippen LogP contribution in [0.4, 0.5) is 8.78 Å². The van der Waals surface area contributed by atoms with Crippen molar-refractivity contribution in [1.82, 2.24) is 0 Å². The number of rotatable bonds is 6. The van der Waals surface area contributed by atoms with Crippen LogP contribution in [0.3, 0.4) is 0 Å². The van der Waals surface area contributed by atoms with E-state index in [1.54, 1.807) is 72.7 Å². The Labute approximate surface area is 186 Å². The van der Waals surface area contributed by atoms with Gasteiger partial charge in [-0.1, -0.05) is 36.1 Å². The molecule has 1 saturated carbocycles. The van der Waals surface area contributed by atoms with Gasteiger partial charge in [0.15, 0.2) is 0 Å². The summed E-state index contributed by atoms with van der Waals surface area (Å²) in [6.45, 7) is 12.1. The Kier molecular flexibility index (Phi) is 7.64. The second kappa shape index (κ2) is 9.18. The Hall–Kier alpha value is -1.47. The first kappa shape index (κ1) is 25.8. The molecule has 0 spiro atoms. The summed E-state index contributed by atoms with van der Waals surface area (Å²) in [4.78, 5) is 12.4. The van der Waals surface area contributed by atoms with E-state index in [9.17, 15) is 9.90 Å². The number of carbonyl (C=O) groups excluding carboxylic acids is 1. The fraction of sp³-hybridized carbons (Fsp3) is 0.708. The lowest BCUT2D eigenvalue weighted by atomic mass is 9.81. The monoisotopic (exact) mass is 437 g/mol. The highest BCUT2D eigenvalue weighted by Crippen LogP contribution is 2.45. The van der Waals surface area contributed by atoms with Crippen molar-refractivity contribution in [2.75, 3.05) is 0 Å². The first-order chi connectivity index (χ1) is 14.0. The maximum atomic E-state index is 15.1. The van der Waals surface area contributed by atoms with Gasteiger partial charge in [-0.15, -0.1) is 0 Å². The molecule has 173 valence electrons. The largest absolute Gasteiger partial charge is 0.460 e. The summed E-state index contributed by atoms with van der Waals surface area (Å²) < 4.78 is 41.3. The van der Waals surface area contributed by atoms with Gasteiger partial charge in [-0.2, -0.15) is 0 Å². The predicted molar refractivity (Wildman–Crippen MR) is 119 cm³/mol. The number of carbonyl (C=O) groups is 1. The maximum absolute atomic E-state index is 15.1. The third-order valence-electron chi connectivity index (χ3n) is 6.12. The Bertz CT molecular complexity index is 748. The first-order valence-electron chi connectivity index (χ1n) is 11.0. The van der Waals surface area contributed by atoms with Crippen LogP contribution in [-0.4, -0.2) is 41.3 Å². The standard InChI is InChI=1S/C24H36BF2O4/c1-21(2,3)30-20(28)17-9-8-10-19(24(26,27)15-17)16-11-13-18(14-12-16)25-31-23(6,7)22(4,5)29/h11-14,17,19,29H,8-10,15H2,1-7H3. The summed E-state index contributed by atoms with van der Waals surface area (Å²) in [5.74, 6) is -5.26. The number of benzene rings is 1. The summed E-state index contributed by atoms with van der Waals surface area (Å²) in [6, 6.07) is 6.86. The topological polar surface area (TPSA) is 55.8 Å². The Balaban J connectivity index is 2.08. The van der Waals surface area contributed by atoms with Crippen LogP contribution in [0.5, 0.6) is 0 Å². The molecule has 1 aromatic rings. The van der Waals surface area contributed by atoms with Gasteiger partial charge in [0, 0.05) is 12.3 Å². The smallest absolute Gasteiger partial charge is 0.330 e. The molecule has 0 saturated heterocycles. The van der Waals surface area contributed by atoms with Crippen molar-refractivity contribution in [2.24, 2.45) is 5.92 Å². The number of halogens is 2. The van der Waals surface area contributed by atoms with Gasteiger partial charge in [-0.25, -0.2) is 8.78 Å². The molecule has 2 atom stereocenters. The van der Waals surface area contributed by atoms with Crippen molar-refractivity contribution in [3.63, 3.8) is 0 Å². The van der Waals surface area contributed by atoms with Gasteiger partial charge < -0.3 is 14.5 Å². The molecule has 0 aromatic heterocycles. The summed E-state index contributed by atoms with van der Waals surface area (Å²) in [5.41, 5.74) is -1.27. The SMILES string of the molecule is CC(C)(C)OC(=O)C1CCCC(c2ccc([B]OC(C)(C)C(C)(C)O)cc2)C(F)(F)C1. The van der Waals surface area contributed by atoms with Crippen LogP contribution in [0.1, 0.15) is 85.6 Å². The molecule has 1 N–H and O–H groups in total. The van der Waals surface area contributed by atoms with E-state index in [4.69, 9.17) is 9.39 Å². The van der Waals surface area contributed by atoms with E-state index < -0.39 is 47.0 Å². The van der Waals surface area contributed by atoms with E-state index in [1.807, 2.05) is 0 Å². The molecule has 2 rings (SSSR count). The van der Waals surface area contributed by atoms with Gasteiger partial charge in [0.2, 0.25) is 0 Å². The summed E-state index contributed by atoms with van der Waals surface area (Å²) >= 11 is 0. The van der Waals surface area contributed by atoms with Crippen molar-refractivity contribution in [3.05, 3.63) is 29.8 Å². The Morgan fingerprint density at radius 3 is 2.16 bits per heavy atom. The number of ether oxygens (including phenoxy) is 1. The van der Waals surface area contributed by atoms with E-state index in [2.05, 4.69) is 0 Å². The average molecular weight is 437 g/mol. The molecule has 7 heteroatoms. The van der Waals surface area contributed by atoms with Crippen LogP contribution in [0.25, 0.3) is 0 Å². The molecule has 1 aliphatic carbocycles. The zero-order valence-electron chi connectivity index (χ0n) is 19.8. The minimum absolute atomic E-state index is 0.317. The molecule has 31 heavy (non-hydrogen) atoms. The van der Waals surface area contributed by atoms with E-state index in [0.29, 0.717) is 24.8 Å². The van der Waals surface area contributed by atoms with Crippen LogP contribution in [0, 0.1) is 5.92 Å². The highest BCUT2D eigenvalue weighted by Gasteiger charge is 2.46. The molecule has 1 fully saturated rings. The molecule has 4 nitrogen and oxygen atoms in total. The third-order valence-corrected chi connectivity index (χ3v) is 6.12. The number of alkyl halides is 2. The van der Waals surface area contributed by atoms with E-state index >= 15 is 8.78 Å². The van der Waals surface area contributed by atoms with Crippen molar-refractivity contribution >= 4 is 18.9 Å². The first-order valence-corrected chi connectivity index (χ1v) is 11.0. The minimum atomic E-state index is -3.00. The molecule has 0 aliphatic heterocycles. The molecule has 0 bridgehead atoms. The van der Waals surface area contributed by atoms with Crippen LogP contribution in [0.2, 0.25) is 0 Å². The lowest BCUT2D eigenvalue weighted by molar-refractivity contribution is -0.163. The van der Waals surface area contributed by atoms with Crippen LogP contribution in [-0.2, 0) is 14.2 Å². The van der Waals surface area contributed by atoms with Crippen LogP contribution in [0.15, 0.2) is 24.3 Å². The van der Waals surface area contributed by atoms with Gasteiger partial charge in [0.1, 0.15) is 5.60 Å². The van der Waals surface area contributed by atoms with Crippen molar-refractivity contribution in [3.8, 4) is 0 Å². The van der Waals surface area contributed by atoms with Gasteiger partial charge >= 0.3 is 13.5 Å². The third kappa shape index (κ3) is 7.01. The maximum Gasteiger partial charge on any atom is 0.330 e. The normalized spacial score (nSPS) is 22.5. The lowest BCUT2D eigenvalue weighted by Gasteiger charge is -2.37. The minimum Gasteiger partial charge on any atom is -0.460 e. The number of aliphatic hydroxyl groups is 1. The summed E-state index contributed by atoms with van der Waals surface area (Å²) in [7, 11) is 1.53. The second-order valence-electron chi connectivity index (χ2n) is 10.7. The lowest BCUT2D eigenvalue weighted by Crippen LogP contribution is -2.49. The zero-order valence-corrected chi connectivity index (χ0v) is 19.8. The fourth-order valence-corrected chi connectivity index (χ4v) is 3.52. The van der Waals surface area contributed by atoms with Crippen molar-refractivity contribution in [2.45, 2.75) is 103 Å². The fourth-order valence-electron chi connectivity index (χ4n) is 3.52. The molecule has 0 heterocycles. The van der Waals surface area contributed by atoms with Gasteiger partial charge in [-0.3, -0.25) is 4.79 Å². The van der Waals surface area contributed by atoms with Gasteiger partial charge in [-0.05, 0) is 66.9 Å². The molecular formula is C24H36BF2O4. The predicted octanol–water partition coefficient (Wildman–Crippen LogP) is 4.75. The number of hydrogen-bond donors (Lipinski definition) is 1.